The van der Waals surface area contributed by atoms with Gasteiger partial charge in [0.2, 0.25) is 0 Å². The molecule has 2 fully saturated rings. The van der Waals surface area contributed by atoms with E-state index in [2.05, 4.69) is 40.5 Å². The van der Waals surface area contributed by atoms with Gasteiger partial charge in [-0.3, -0.25) is 4.90 Å². The molecule has 0 spiro atoms. The molecule has 2 aliphatic carbocycles. The molecule has 0 unspecified atom stereocenters. The molecular weight excluding hydrogens is 495 g/mol. The lowest BCUT2D eigenvalue weighted by Gasteiger charge is -2.32. The van der Waals surface area contributed by atoms with Crippen LogP contribution in [0.15, 0.2) is 27.8 Å². The molecule has 0 amide bonds. The number of halogens is 2. The number of hydrogen-bond donors (Lipinski definition) is 1. The van der Waals surface area contributed by atoms with Crippen LogP contribution < -0.4 is 10.1 Å². The van der Waals surface area contributed by atoms with Gasteiger partial charge in [-0.2, -0.15) is 5.26 Å². The molecule has 1 saturated carbocycles. The number of nitrogens with one attached hydrogen (secondary N) is 1. The van der Waals surface area contributed by atoms with Gasteiger partial charge in [-0.05, 0) is 121 Å². The van der Waals surface area contributed by atoms with Crippen LogP contribution in [0, 0.1) is 30.1 Å². The summed E-state index contributed by atoms with van der Waals surface area (Å²) in [6, 6.07) is 6.63. The third kappa shape index (κ3) is 7.86. The molecule has 0 atom stereocenters. The van der Waals surface area contributed by atoms with Crippen molar-refractivity contribution in [2.75, 3.05) is 40.3 Å². The number of fused-ring (bicyclic) bond motifs is 1. The highest BCUT2D eigenvalue weighted by atomic mass is 35.5. The van der Waals surface area contributed by atoms with E-state index in [4.69, 9.17) is 9.26 Å². The summed E-state index contributed by atoms with van der Waals surface area (Å²) in [7, 11) is 3.75. The molecule has 1 aliphatic heterocycles. The molecule has 36 heavy (non-hydrogen) atoms. The zero-order valence-electron chi connectivity index (χ0n) is 22.0. The first-order valence-electron chi connectivity index (χ1n) is 13.0. The van der Waals surface area contributed by atoms with E-state index >= 15 is 0 Å². The van der Waals surface area contributed by atoms with E-state index in [1.54, 1.807) is 0 Å². The second-order valence-corrected chi connectivity index (χ2v) is 10.3. The third-order valence-electron chi connectivity index (χ3n) is 7.46. The first-order valence-corrected chi connectivity index (χ1v) is 13.0. The van der Waals surface area contributed by atoms with E-state index in [0.29, 0.717) is 0 Å². The van der Waals surface area contributed by atoms with E-state index < -0.39 is 0 Å². The summed E-state index contributed by atoms with van der Waals surface area (Å²) in [5.74, 6) is 2.43. The largest absolute Gasteiger partial charge is 0.493 e. The highest BCUT2D eigenvalue weighted by Crippen LogP contribution is 2.34. The molecule has 1 N–H and O–H groups in total. The molecular formula is C28H42Cl2N4O2. The van der Waals surface area contributed by atoms with Gasteiger partial charge in [0.15, 0.2) is 5.58 Å². The average molecular weight is 538 g/mol. The van der Waals surface area contributed by atoms with Crippen molar-refractivity contribution < 1.29 is 9.26 Å². The molecule has 6 nitrogen and oxygen atoms in total. The van der Waals surface area contributed by atoms with Crippen molar-refractivity contribution in [1.82, 2.24) is 15.4 Å². The fourth-order valence-corrected chi connectivity index (χ4v) is 5.16. The smallest absolute Gasteiger partial charge is 0.173 e. The first kappa shape index (κ1) is 30.4. The predicted octanol–water partition coefficient (Wildman–Crippen LogP) is 6.25. The molecule has 1 aromatic heterocycles. The number of likely N-dealkylation sites (tertiary alicyclic amines) is 1. The van der Waals surface area contributed by atoms with Gasteiger partial charge in [-0.15, -0.1) is 24.8 Å². The Morgan fingerprint density at radius 1 is 1.11 bits per heavy atom. The summed E-state index contributed by atoms with van der Waals surface area (Å²) in [5, 5.41) is 17.6. The Labute approximate surface area is 228 Å². The maximum atomic E-state index is 9.28. The van der Waals surface area contributed by atoms with Crippen LogP contribution in [0.2, 0.25) is 0 Å². The Morgan fingerprint density at radius 3 is 2.50 bits per heavy atom. The highest BCUT2D eigenvalue weighted by Gasteiger charge is 2.24. The van der Waals surface area contributed by atoms with Gasteiger partial charge in [0.05, 0.1) is 18.4 Å². The SMILES string of the molecule is CNC.Cc1c(OCC2CC2)ccc2c(CCC3CCN(CC4=C(C#N)CCC4)CC3)noc12.Cl.Cl. The monoisotopic (exact) mass is 536 g/mol. The van der Waals surface area contributed by atoms with Crippen LogP contribution in [0.4, 0.5) is 0 Å². The van der Waals surface area contributed by atoms with Crippen molar-refractivity contribution in [3.63, 3.8) is 0 Å². The zero-order chi connectivity index (χ0) is 23.9. The number of allylic oxidation sites excluding steroid dienone is 1. The Balaban J connectivity index is 0.000000871. The van der Waals surface area contributed by atoms with Gasteiger partial charge in [0.25, 0.3) is 0 Å². The Hall–Kier alpha value is -1.78. The van der Waals surface area contributed by atoms with Gasteiger partial charge in [0.1, 0.15) is 5.75 Å². The Morgan fingerprint density at radius 2 is 1.83 bits per heavy atom. The molecule has 200 valence electrons. The molecule has 2 heterocycles. The van der Waals surface area contributed by atoms with Gasteiger partial charge in [-0.1, -0.05) is 5.16 Å². The number of nitrogens with zero attached hydrogens (tertiary/aromatic N) is 3. The minimum atomic E-state index is 0. The summed E-state index contributed by atoms with van der Waals surface area (Å²) in [5.41, 5.74) is 5.49. The van der Waals surface area contributed by atoms with Crippen LogP contribution in [0.5, 0.6) is 5.75 Å². The molecule has 0 bridgehead atoms. The summed E-state index contributed by atoms with van der Waals surface area (Å²) >= 11 is 0. The van der Waals surface area contributed by atoms with Gasteiger partial charge >= 0.3 is 0 Å². The van der Waals surface area contributed by atoms with Crippen molar-refractivity contribution in [2.24, 2.45) is 11.8 Å². The van der Waals surface area contributed by atoms with Crippen LogP contribution in [0.25, 0.3) is 11.0 Å². The van der Waals surface area contributed by atoms with Crippen LogP contribution >= 0.6 is 24.8 Å². The van der Waals surface area contributed by atoms with Crippen molar-refractivity contribution in [3.05, 3.63) is 34.5 Å². The standard InChI is InChI=1S/C26H33N3O2.C2H7N.2ClH/c1-18-25(30-17-20-5-6-20)10-8-23-24(28-31-26(18)23)9-7-19-11-13-29(14-12-19)16-22-4-2-3-21(22)15-27;1-3-2;;/h8,10,19-20H,2-7,9,11-14,16-17H2,1H3;3H,1-2H3;2*1H. The lowest BCUT2D eigenvalue weighted by Crippen LogP contribution is -2.35. The van der Waals surface area contributed by atoms with E-state index in [-0.39, 0.29) is 24.8 Å². The van der Waals surface area contributed by atoms with Crippen molar-refractivity contribution >= 4 is 35.8 Å². The average Bonchev–Trinajstić information content (AvgIpc) is 3.41. The van der Waals surface area contributed by atoms with Crippen LogP contribution in [0.1, 0.15) is 62.6 Å². The number of piperidine rings is 1. The summed E-state index contributed by atoms with van der Waals surface area (Å²) in [6.07, 6.45) is 10.5. The maximum absolute atomic E-state index is 9.28. The predicted molar refractivity (Wildman–Crippen MR) is 150 cm³/mol. The summed E-state index contributed by atoms with van der Waals surface area (Å²) in [4.78, 5) is 2.55. The second-order valence-electron chi connectivity index (χ2n) is 10.3. The van der Waals surface area contributed by atoms with Crippen molar-refractivity contribution in [3.8, 4) is 11.8 Å². The Kier molecular flexibility index (Phi) is 12.5. The first-order chi connectivity index (χ1) is 16.6. The van der Waals surface area contributed by atoms with E-state index in [1.165, 1.54) is 37.7 Å². The fourth-order valence-electron chi connectivity index (χ4n) is 5.16. The quantitative estimate of drug-likeness (QED) is 0.429. The molecule has 5 rings (SSSR count). The lowest BCUT2D eigenvalue weighted by molar-refractivity contribution is 0.190. The highest BCUT2D eigenvalue weighted by molar-refractivity contribution is 5.86. The van der Waals surface area contributed by atoms with E-state index in [9.17, 15) is 5.26 Å². The number of aromatic nitrogens is 1. The molecule has 1 aromatic carbocycles. The molecule has 1 saturated heterocycles. The number of aryl methyl sites for hydroxylation is 2. The number of benzene rings is 1. The Bertz CT molecular complexity index is 1030. The van der Waals surface area contributed by atoms with E-state index in [1.807, 2.05) is 14.1 Å². The fraction of sp³-hybridized carbons (Fsp3) is 0.643. The lowest BCUT2D eigenvalue weighted by atomic mass is 9.90. The van der Waals surface area contributed by atoms with Crippen molar-refractivity contribution in [2.45, 2.75) is 64.7 Å². The maximum Gasteiger partial charge on any atom is 0.173 e. The number of nitriles is 1. The van der Waals surface area contributed by atoms with Gasteiger partial charge in [-0.25, -0.2) is 0 Å². The number of hydrogen-bond acceptors (Lipinski definition) is 6. The van der Waals surface area contributed by atoms with Crippen LogP contribution in [0.3, 0.4) is 0 Å². The molecule has 2 aromatic rings. The van der Waals surface area contributed by atoms with Crippen molar-refractivity contribution in [1.29, 1.82) is 5.26 Å². The van der Waals surface area contributed by atoms with Gasteiger partial charge < -0.3 is 14.6 Å². The van der Waals surface area contributed by atoms with Crippen LogP contribution in [-0.2, 0) is 6.42 Å². The topological polar surface area (TPSA) is 74.3 Å². The molecule has 8 heteroatoms. The minimum Gasteiger partial charge on any atom is -0.493 e. The third-order valence-corrected chi connectivity index (χ3v) is 7.46. The molecule has 3 aliphatic rings. The second kappa shape index (κ2) is 14.8. The zero-order valence-corrected chi connectivity index (χ0v) is 23.6. The van der Waals surface area contributed by atoms with E-state index in [0.717, 1.165) is 97.3 Å². The number of ether oxygens (including phenoxy) is 1. The van der Waals surface area contributed by atoms with Gasteiger partial charge in [0, 0.05) is 23.1 Å². The summed E-state index contributed by atoms with van der Waals surface area (Å²) in [6.45, 7) is 6.20. The minimum absolute atomic E-state index is 0. The normalized spacial score (nSPS) is 18.2. The van der Waals surface area contributed by atoms with Crippen LogP contribution in [-0.4, -0.2) is 50.4 Å². The number of rotatable bonds is 8. The summed E-state index contributed by atoms with van der Waals surface area (Å²) < 4.78 is 11.7. The molecule has 0 radical (unpaired) electrons.